The average Bonchev–Trinajstić information content (AvgIpc) is 3.23. The molecule has 1 fully saturated rings. The Morgan fingerprint density at radius 1 is 1.04 bits per heavy atom. The van der Waals surface area contributed by atoms with Crippen molar-refractivity contribution in [1.29, 1.82) is 0 Å². The van der Waals surface area contributed by atoms with E-state index in [1.165, 1.54) is 0 Å². The van der Waals surface area contributed by atoms with Gasteiger partial charge in [0.1, 0.15) is 5.65 Å². The van der Waals surface area contributed by atoms with Gasteiger partial charge in [-0.15, -0.1) is 5.10 Å². The number of tetrazole rings is 1. The van der Waals surface area contributed by atoms with Gasteiger partial charge in [0.25, 0.3) is 0 Å². The molecule has 0 amide bonds. The third-order valence-electron chi connectivity index (χ3n) is 4.67. The Labute approximate surface area is 147 Å². The molecule has 8 nitrogen and oxygen atoms in total. The predicted molar refractivity (Wildman–Crippen MR) is 93.9 cm³/mol. The van der Waals surface area contributed by atoms with Crippen LogP contribution < -0.4 is 0 Å². The third-order valence-corrected chi connectivity index (χ3v) is 4.67. The molecular formula is C17H24N8. The van der Waals surface area contributed by atoms with Crippen molar-refractivity contribution in [2.24, 2.45) is 0 Å². The molecule has 4 rings (SSSR count). The fourth-order valence-corrected chi connectivity index (χ4v) is 3.32. The zero-order chi connectivity index (χ0) is 17.1. The Bertz CT molecular complexity index is 782. The zero-order valence-electron chi connectivity index (χ0n) is 14.6. The van der Waals surface area contributed by atoms with Crippen molar-refractivity contribution in [3.63, 3.8) is 0 Å². The number of pyridine rings is 1. The van der Waals surface area contributed by atoms with E-state index >= 15 is 0 Å². The molecule has 8 heteroatoms. The lowest BCUT2D eigenvalue weighted by Gasteiger charge is -2.33. The predicted octanol–water partition coefficient (Wildman–Crippen LogP) is 1.05. The molecule has 0 radical (unpaired) electrons. The van der Waals surface area contributed by atoms with Crippen LogP contribution in [0.1, 0.15) is 24.9 Å². The summed E-state index contributed by atoms with van der Waals surface area (Å²) in [5.41, 5.74) is 2.14. The number of fused-ring (bicyclic) bond motifs is 1. The molecule has 0 aliphatic carbocycles. The summed E-state index contributed by atoms with van der Waals surface area (Å²) < 4.78 is 4.00. The van der Waals surface area contributed by atoms with Gasteiger partial charge in [0.2, 0.25) is 0 Å². The first kappa shape index (κ1) is 16.2. The van der Waals surface area contributed by atoms with Crippen molar-refractivity contribution in [2.75, 3.05) is 26.2 Å². The van der Waals surface area contributed by atoms with Gasteiger partial charge in [-0.05, 0) is 29.0 Å². The van der Waals surface area contributed by atoms with E-state index in [0.717, 1.165) is 69.4 Å². The number of aromatic nitrogens is 6. The fourth-order valence-electron chi connectivity index (χ4n) is 3.32. The molecule has 3 aromatic rings. The van der Waals surface area contributed by atoms with Gasteiger partial charge < -0.3 is 4.40 Å². The van der Waals surface area contributed by atoms with Crippen molar-refractivity contribution in [3.8, 4) is 0 Å². The molecule has 0 N–H and O–H groups in total. The van der Waals surface area contributed by atoms with E-state index in [-0.39, 0.29) is 0 Å². The Morgan fingerprint density at radius 3 is 2.60 bits per heavy atom. The first-order valence-electron chi connectivity index (χ1n) is 8.94. The van der Waals surface area contributed by atoms with Crippen LogP contribution in [0.15, 0.2) is 30.6 Å². The van der Waals surface area contributed by atoms with E-state index in [1.807, 2.05) is 29.1 Å². The van der Waals surface area contributed by atoms with E-state index in [1.54, 1.807) is 0 Å². The van der Waals surface area contributed by atoms with E-state index < -0.39 is 0 Å². The van der Waals surface area contributed by atoms with Crippen LogP contribution in [-0.2, 0) is 19.6 Å². The summed E-state index contributed by atoms with van der Waals surface area (Å²) >= 11 is 0. The molecule has 4 heterocycles. The van der Waals surface area contributed by atoms with Gasteiger partial charge in [-0.2, -0.15) is 0 Å². The maximum atomic E-state index is 4.70. The second-order valence-electron chi connectivity index (χ2n) is 6.57. The monoisotopic (exact) mass is 340 g/mol. The zero-order valence-corrected chi connectivity index (χ0v) is 14.6. The second-order valence-corrected chi connectivity index (χ2v) is 6.57. The van der Waals surface area contributed by atoms with Crippen LogP contribution in [0, 0.1) is 0 Å². The maximum absolute atomic E-state index is 4.70. The van der Waals surface area contributed by atoms with E-state index in [2.05, 4.69) is 42.8 Å². The molecule has 1 aliphatic heterocycles. The largest absolute Gasteiger partial charge is 0.307 e. The summed E-state index contributed by atoms with van der Waals surface area (Å²) in [5.74, 6) is 0.968. The van der Waals surface area contributed by atoms with Gasteiger partial charge in [-0.1, -0.05) is 13.0 Å². The van der Waals surface area contributed by atoms with Crippen molar-refractivity contribution < 1.29 is 0 Å². The molecule has 132 valence electrons. The first-order valence-corrected chi connectivity index (χ1v) is 8.94. The molecule has 3 aromatic heterocycles. The Kier molecular flexibility index (Phi) is 4.71. The van der Waals surface area contributed by atoms with Crippen LogP contribution >= 0.6 is 0 Å². The number of rotatable bonds is 6. The molecule has 0 saturated carbocycles. The number of nitrogens with zero attached hydrogens (tertiary/aromatic N) is 8. The van der Waals surface area contributed by atoms with Gasteiger partial charge in [-0.25, -0.2) is 9.67 Å². The summed E-state index contributed by atoms with van der Waals surface area (Å²) in [5, 5.41) is 12.1. The minimum atomic E-state index is 0.829. The number of hydrogen-bond donors (Lipinski definition) is 0. The summed E-state index contributed by atoms with van der Waals surface area (Å²) in [6.45, 7) is 8.92. The van der Waals surface area contributed by atoms with Gasteiger partial charge in [0.05, 0.1) is 12.2 Å². The van der Waals surface area contributed by atoms with Crippen LogP contribution in [0.3, 0.4) is 0 Å². The topological polar surface area (TPSA) is 67.4 Å². The van der Waals surface area contributed by atoms with Crippen molar-refractivity contribution >= 4 is 5.65 Å². The minimum absolute atomic E-state index is 0.829. The molecule has 1 aliphatic rings. The number of hydrogen-bond acceptors (Lipinski definition) is 6. The highest BCUT2D eigenvalue weighted by Gasteiger charge is 2.20. The van der Waals surface area contributed by atoms with Crippen LogP contribution in [0.25, 0.3) is 5.65 Å². The third kappa shape index (κ3) is 3.69. The lowest BCUT2D eigenvalue weighted by molar-refractivity contribution is 0.117. The van der Waals surface area contributed by atoms with Crippen molar-refractivity contribution in [2.45, 2.75) is 33.0 Å². The maximum Gasteiger partial charge on any atom is 0.165 e. The van der Waals surface area contributed by atoms with Gasteiger partial charge in [0, 0.05) is 51.7 Å². The SMILES string of the molecule is CCCn1nnnc1CN1CCN(Cc2cn3ccccc3n2)CC1. The minimum Gasteiger partial charge on any atom is -0.307 e. The van der Waals surface area contributed by atoms with Crippen molar-refractivity contribution in [1.82, 2.24) is 39.4 Å². The summed E-state index contributed by atoms with van der Waals surface area (Å²) in [7, 11) is 0. The standard InChI is InChI=1S/C17H24N8/c1-2-6-25-17(19-20-21-25)14-23-10-8-22(9-11-23)12-15-13-24-7-4-3-5-16(24)18-15/h3-5,7,13H,2,6,8-12,14H2,1H3. The first-order chi connectivity index (χ1) is 12.3. The molecule has 0 unspecified atom stereocenters. The van der Waals surface area contributed by atoms with Crippen LogP contribution in [0.4, 0.5) is 0 Å². The number of piperazine rings is 1. The average molecular weight is 340 g/mol. The number of aryl methyl sites for hydroxylation is 1. The molecule has 0 atom stereocenters. The van der Waals surface area contributed by atoms with Crippen LogP contribution in [0.2, 0.25) is 0 Å². The van der Waals surface area contributed by atoms with Crippen molar-refractivity contribution in [3.05, 3.63) is 42.1 Å². The quantitative estimate of drug-likeness (QED) is 0.668. The summed E-state index contributed by atoms with van der Waals surface area (Å²) in [4.78, 5) is 9.59. The van der Waals surface area contributed by atoms with Gasteiger partial charge in [-0.3, -0.25) is 9.80 Å². The second kappa shape index (κ2) is 7.28. The molecular weight excluding hydrogens is 316 g/mol. The van der Waals surface area contributed by atoms with Gasteiger partial charge in [0.15, 0.2) is 5.82 Å². The summed E-state index contributed by atoms with van der Waals surface area (Å²) in [6, 6.07) is 6.10. The molecule has 0 aromatic carbocycles. The highest BCUT2D eigenvalue weighted by atomic mass is 15.5. The molecule has 0 bridgehead atoms. The van der Waals surface area contributed by atoms with E-state index in [9.17, 15) is 0 Å². The molecule has 25 heavy (non-hydrogen) atoms. The van der Waals surface area contributed by atoms with E-state index in [0.29, 0.717) is 0 Å². The lowest BCUT2D eigenvalue weighted by atomic mass is 10.3. The van der Waals surface area contributed by atoms with E-state index in [4.69, 9.17) is 4.98 Å². The lowest BCUT2D eigenvalue weighted by Crippen LogP contribution is -2.45. The highest BCUT2D eigenvalue weighted by molar-refractivity contribution is 5.39. The summed E-state index contributed by atoms with van der Waals surface area (Å²) in [6.07, 6.45) is 5.22. The fraction of sp³-hybridized carbons (Fsp3) is 0.529. The Morgan fingerprint density at radius 2 is 1.84 bits per heavy atom. The Hall–Kier alpha value is -2.32. The van der Waals surface area contributed by atoms with Gasteiger partial charge >= 0.3 is 0 Å². The highest BCUT2D eigenvalue weighted by Crippen LogP contribution is 2.11. The van der Waals surface area contributed by atoms with Crippen LogP contribution in [-0.4, -0.2) is 65.6 Å². The number of imidazole rings is 1. The smallest absolute Gasteiger partial charge is 0.165 e. The van der Waals surface area contributed by atoms with Crippen LogP contribution in [0.5, 0.6) is 0 Å². The molecule has 1 saturated heterocycles. The Balaban J connectivity index is 1.31. The molecule has 0 spiro atoms. The normalized spacial score (nSPS) is 16.7.